The van der Waals surface area contributed by atoms with E-state index >= 15 is 0 Å². The zero-order valence-electron chi connectivity index (χ0n) is 9.23. The Bertz CT molecular complexity index is 550. The van der Waals surface area contributed by atoms with E-state index in [4.69, 9.17) is 5.73 Å². The molecule has 17 heavy (non-hydrogen) atoms. The van der Waals surface area contributed by atoms with Crippen molar-refractivity contribution < 1.29 is 4.39 Å². The number of aromatic nitrogens is 2. The van der Waals surface area contributed by atoms with E-state index in [0.717, 1.165) is 0 Å². The molecule has 0 unspecified atom stereocenters. The van der Waals surface area contributed by atoms with Crippen LogP contribution in [0.25, 0.3) is 0 Å². The van der Waals surface area contributed by atoms with E-state index < -0.39 is 0 Å². The van der Waals surface area contributed by atoms with Crippen LogP contribution in [0.5, 0.6) is 0 Å². The van der Waals surface area contributed by atoms with Crippen molar-refractivity contribution in [1.82, 2.24) is 9.78 Å². The van der Waals surface area contributed by atoms with Gasteiger partial charge in [-0.25, -0.2) is 4.39 Å². The molecule has 86 valence electrons. The maximum Gasteiger partial charge on any atom is 0.129 e. The SMILES string of the molecule is NCC#Cc1ccc(Cn2cccn2)c(F)c1. The van der Waals surface area contributed by atoms with Crippen LogP contribution in [0.1, 0.15) is 11.1 Å². The van der Waals surface area contributed by atoms with Crippen LogP contribution in [0.2, 0.25) is 0 Å². The average Bonchev–Trinajstić information content (AvgIpc) is 2.82. The average molecular weight is 229 g/mol. The number of halogens is 1. The Morgan fingerprint density at radius 3 is 2.94 bits per heavy atom. The summed E-state index contributed by atoms with van der Waals surface area (Å²) in [6, 6.07) is 6.72. The van der Waals surface area contributed by atoms with Crippen LogP contribution in [-0.2, 0) is 6.54 Å². The highest BCUT2D eigenvalue weighted by molar-refractivity contribution is 5.37. The third-order valence-electron chi connectivity index (χ3n) is 2.28. The van der Waals surface area contributed by atoms with Crippen LogP contribution in [0.3, 0.4) is 0 Å². The molecule has 0 radical (unpaired) electrons. The van der Waals surface area contributed by atoms with Gasteiger partial charge in [-0.2, -0.15) is 5.10 Å². The lowest BCUT2D eigenvalue weighted by Gasteiger charge is -2.03. The lowest BCUT2D eigenvalue weighted by atomic mass is 10.1. The molecule has 0 atom stereocenters. The summed E-state index contributed by atoms with van der Waals surface area (Å²) < 4.78 is 15.4. The highest BCUT2D eigenvalue weighted by Crippen LogP contribution is 2.11. The largest absolute Gasteiger partial charge is 0.320 e. The highest BCUT2D eigenvalue weighted by Gasteiger charge is 2.03. The lowest BCUT2D eigenvalue weighted by molar-refractivity contribution is 0.585. The van der Waals surface area contributed by atoms with Crippen molar-refractivity contribution in [2.24, 2.45) is 5.73 Å². The van der Waals surface area contributed by atoms with Crippen molar-refractivity contribution in [1.29, 1.82) is 0 Å². The molecule has 0 saturated carbocycles. The molecular formula is C13H12FN3. The van der Waals surface area contributed by atoms with Gasteiger partial charge in [-0.05, 0) is 18.2 Å². The summed E-state index contributed by atoms with van der Waals surface area (Å²) in [6.07, 6.45) is 3.46. The second-order valence-corrected chi connectivity index (χ2v) is 3.52. The van der Waals surface area contributed by atoms with Gasteiger partial charge in [-0.1, -0.05) is 17.9 Å². The predicted octanol–water partition coefficient (Wildman–Crippen LogP) is 1.38. The Labute approximate surface area is 99.1 Å². The summed E-state index contributed by atoms with van der Waals surface area (Å²) in [6.45, 7) is 0.695. The van der Waals surface area contributed by atoms with E-state index in [9.17, 15) is 4.39 Å². The molecule has 2 N–H and O–H groups in total. The Hall–Kier alpha value is -2.12. The van der Waals surface area contributed by atoms with E-state index in [1.807, 2.05) is 0 Å². The van der Waals surface area contributed by atoms with Gasteiger partial charge in [0.15, 0.2) is 0 Å². The number of hydrogen-bond acceptors (Lipinski definition) is 2. The first-order valence-electron chi connectivity index (χ1n) is 5.24. The molecule has 2 aromatic rings. The first-order chi connectivity index (χ1) is 8.29. The first-order valence-corrected chi connectivity index (χ1v) is 5.24. The third-order valence-corrected chi connectivity index (χ3v) is 2.28. The minimum atomic E-state index is -0.274. The van der Waals surface area contributed by atoms with Crippen molar-refractivity contribution in [3.8, 4) is 11.8 Å². The van der Waals surface area contributed by atoms with Gasteiger partial charge < -0.3 is 5.73 Å². The Morgan fingerprint density at radius 1 is 1.41 bits per heavy atom. The van der Waals surface area contributed by atoms with E-state index in [2.05, 4.69) is 16.9 Å². The number of nitrogens with zero attached hydrogens (tertiary/aromatic N) is 2. The van der Waals surface area contributed by atoms with Crippen molar-refractivity contribution in [2.75, 3.05) is 6.54 Å². The summed E-state index contributed by atoms with van der Waals surface area (Å²) in [4.78, 5) is 0. The van der Waals surface area contributed by atoms with Crippen molar-refractivity contribution in [2.45, 2.75) is 6.54 Å². The van der Waals surface area contributed by atoms with Gasteiger partial charge in [0.2, 0.25) is 0 Å². The highest BCUT2D eigenvalue weighted by atomic mass is 19.1. The summed E-state index contributed by atoms with van der Waals surface area (Å²) in [5.41, 5.74) is 6.48. The van der Waals surface area contributed by atoms with E-state index in [1.54, 1.807) is 35.3 Å². The molecular weight excluding hydrogens is 217 g/mol. The Morgan fingerprint density at radius 2 is 2.29 bits per heavy atom. The molecule has 0 spiro atoms. The standard InChI is InChI=1S/C13H12FN3/c14-13-9-11(3-1-6-15)4-5-12(13)10-17-8-2-7-16-17/h2,4-5,7-9H,6,10,15H2. The second-order valence-electron chi connectivity index (χ2n) is 3.52. The topological polar surface area (TPSA) is 43.8 Å². The maximum atomic E-state index is 13.7. The van der Waals surface area contributed by atoms with Crippen molar-refractivity contribution in [3.05, 3.63) is 53.6 Å². The number of nitrogens with two attached hydrogens (primary N) is 1. The normalized spacial score (nSPS) is 9.76. The first kappa shape index (κ1) is 11.4. The van der Waals surface area contributed by atoms with E-state index in [-0.39, 0.29) is 12.4 Å². The van der Waals surface area contributed by atoms with E-state index in [1.165, 1.54) is 6.07 Å². The van der Waals surface area contributed by atoms with Crippen LogP contribution in [0, 0.1) is 17.7 Å². The molecule has 1 aromatic carbocycles. The molecule has 0 bridgehead atoms. The molecule has 0 saturated heterocycles. The smallest absolute Gasteiger partial charge is 0.129 e. The fourth-order valence-corrected chi connectivity index (χ4v) is 1.47. The number of benzene rings is 1. The summed E-state index contributed by atoms with van der Waals surface area (Å²) >= 11 is 0. The predicted molar refractivity (Wildman–Crippen MR) is 63.7 cm³/mol. The monoisotopic (exact) mass is 229 g/mol. The lowest BCUT2D eigenvalue weighted by Crippen LogP contribution is -2.02. The number of rotatable bonds is 2. The molecule has 0 aliphatic rings. The molecule has 1 aromatic heterocycles. The molecule has 1 heterocycles. The van der Waals surface area contributed by atoms with Gasteiger partial charge in [-0.3, -0.25) is 4.68 Å². The van der Waals surface area contributed by atoms with Crippen molar-refractivity contribution in [3.63, 3.8) is 0 Å². The molecule has 0 amide bonds. The third kappa shape index (κ3) is 2.92. The maximum absolute atomic E-state index is 13.7. The van der Waals surface area contributed by atoms with Crippen LogP contribution < -0.4 is 5.73 Å². The molecule has 0 aliphatic heterocycles. The molecule has 3 nitrogen and oxygen atoms in total. The minimum Gasteiger partial charge on any atom is -0.320 e. The van der Waals surface area contributed by atoms with Gasteiger partial charge >= 0.3 is 0 Å². The summed E-state index contributed by atoms with van der Waals surface area (Å²) in [7, 11) is 0. The Kier molecular flexibility index (Phi) is 3.53. The molecule has 4 heteroatoms. The quantitative estimate of drug-likeness (QED) is 0.791. The summed E-state index contributed by atoms with van der Waals surface area (Å²) in [5, 5.41) is 4.03. The van der Waals surface area contributed by atoms with Gasteiger partial charge in [0, 0.05) is 23.5 Å². The van der Waals surface area contributed by atoms with Crippen LogP contribution in [0.15, 0.2) is 36.7 Å². The molecule has 2 rings (SSSR count). The molecule has 0 aliphatic carbocycles. The van der Waals surface area contributed by atoms with Crippen molar-refractivity contribution >= 4 is 0 Å². The zero-order valence-corrected chi connectivity index (χ0v) is 9.23. The van der Waals surface area contributed by atoms with Crippen LogP contribution >= 0.6 is 0 Å². The van der Waals surface area contributed by atoms with Crippen LogP contribution in [-0.4, -0.2) is 16.3 Å². The van der Waals surface area contributed by atoms with Gasteiger partial charge in [0.1, 0.15) is 5.82 Å². The van der Waals surface area contributed by atoms with Gasteiger partial charge in [0.05, 0.1) is 13.1 Å². The molecule has 0 fully saturated rings. The minimum absolute atomic E-state index is 0.274. The van der Waals surface area contributed by atoms with Gasteiger partial charge in [-0.15, -0.1) is 0 Å². The van der Waals surface area contributed by atoms with Gasteiger partial charge in [0.25, 0.3) is 0 Å². The van der Waals surface area contributed by atoms with E-state index in [0.29, 0.717) is 17.7 Å². The zero-order chi connectivity index (χ0) is 12.1. The fraction of sp³-hybridized carbons (Fsp3) is 0.154. The fourth-order valence-electron chi connectivity index (χ4n) is 1.47. The second kappa shape index (κ2) is 5.28. The van der Waals surface area contributed by atoms with Crippen LogP contribution in [0.4, 0.5) is 4.39 Å². The Balaban J connectivity index is 2.20. The number of hydrogen-bond donors (Lipinski definition) is 1. The summed E-state index contributed by atoms with van der Waals surface area (Å²) in [5.74, 6) is 5.21.